The molecular weight excluding hydrogens is 216 g/mol. The van der Waals surface area contributed by atoms with Gasteiger partial charge in [0.25, 0.3) is 0 Å². The minimum atomic E-state index is -0.908. The van der Waals surface area contributed by atoms with Crippen molar-refractivity contribution in [2.45, 2.75) is 45.7 Å². The molecule has 0 aromatic carbocycles. The molecule has 0 bridgehead atoms. The Morgan fingerprint density at radius 1 is 1.53 bits per heavy atom. The van der Waals surface area contributed by atoms with Crippen molar-refractivity contribution in [1.82, 2.24) is 10.3 Å². The van der Waals surface area contributed by atoms with Crippen LogP contribution in [-0.2, 0) is 6.54 Å². The summed E-state index contributed by atoms with van der Waals surface area (Å²) in [6.07, 6.45) is 4.90. The second-order valence-electron chi connectivity index (χ2n) is 4.12. The maximum absolute atomic E-state index is 10.8. The highest BCUT2D eigenvalue weighted by Gasteiger charge is 2.07. The highest BCUT2D eigenvalue weighted by atomic mass is 16.4. The Morgan fingerprint density at radius 3 is 2.88 bits per heavy atom. The van der Waals surface area contributed by atoms with Crippen LogP contribution >= 0.6 is 0 Å². The molecule has 0 aliphatic rings. The van der Waals surface area contributed by atoms with E-state index in [9.17, 15) is 4.79 Å². The van der Waals surface area contributed by atoms with Crippen LogP contribution < -0.4 is 5.32 Å². The zero-order valence-corrected chi connectivity index (χ0v) is 10.4. The lowest BCUT2D eigenvalue weighted by molar-refractivity contribution is 0.0696. The second kappa shape index (κ2) is 7.01. The van der Waals surface area contributed by atoms with Crippen molar-refractivity contribution < 1.29 is 9.90 Å². The van der Waals surface area contributed by atoms with Gasteiger partial charge in [-0.05, 0) is 25.0 Å². The molecule has 4 nitrogen and oxygen atoms in total. The molecule has 0 spiro atoms. The molecule has 0 saturated carbocycles. The van der Waals surface area contributed by atoms with Crippen LogP contribution in [0.15, 0.2) is 18.3 Å². The summed E-state index contributed by atoms with van der Waals surface area (Å²) in [6, 6.07) is 3.61. The van der Waals surface area contributed by atoms with Gasteiger partial charge in [-0.25, -0.2) is 4.79 Å². The van der Waals surface area contributed by atoms with Crippen molar-refractivity contribution in [3.63, 3.8) is 0 Å². The van der Waals surface area contributed by atoms with Crippen molar-refractivity contribution in [2.75, 3.05) is 0 Å². The summed E-state index contributed by atoms with van der Waals surface area (Å²) in [7, 11) is 0. The Kier molecular flexibility index (Phi) is 5.63. The number of hydrogen-bond acceptors (Lipinski definition) is 3. The van der Waals surface area contributed by atoms with Crippen LogP contribution in [0, 0.1) is 0 Å². The third kappa shape index (κ3) is 4.53. The number of carboxylic acid groups (broad SMARTS) is 1. The molecule has 1 unspecified atom stereocenters. The zero-order valence-electron chi connectivity index (χ0n) is 10.4. The van der Waals surface area contributed by atoms with Crippen LogP contribution in [0.1, 0.15) is 49.2 Å². The molecule has 1 atom stereocenters. The molecule has 1 heterocycles. The number of carbonyl (C=O) groups is 1. The van der Waals surface area contributed by atoms with Crippen LogP contribution in [0.2, 0.25) is 0 Å². The number of nitrogens with one attached hydrogen (secondary N) is 1. The van der Waals surface area contributed by atoms with Crippen LogP contribution in [-0.4, -0.2) is 22.1 Å². The molecule has 94 valence electrons. The molecule has 0 fully saturated rings. The molecule has 0 radical (unpaired) electrons. The molecule has 1 aromatic rings. The minimum Gasteiger partial charge on any atom is -0.478 e. The highest BCUT2D eigenvalue weighted by Crippen LogP contribution is 2.05. The van der Waals surface area contributed by atoms with Crippen molar-refractivity contribution in [3.8, 4) is 0 Å². The molecule has 0 aliphatic carbocycles. The van der Waals surface area contributed by atoms with Gasteiger partial charge in [0.2, 0.25) is 0 Å². The van der Waals surface area contributed by atoms with Crippen molar-refractivity contribution in [3.05, 3.63) is 29.6 Å². The van der Waals surface area contributed by atoms with Crippen LogP contribution in [0.25, 0.3) is 0 Å². The molecular formula is C13H20N2O2. The summed E-state index contributed by atoms with van der Waals surface area (Å²) in [5.41, 5.74) is 1.07. The summed E-state index contributed by atoms with van der Waals surface area (Å²) < 4.78 is 0. The van der Waals surface area contributed by atoms with Gasteiger partial charge in [-0.2, -0.15) is 0 Å². The van der Waals surface area contributed by atoms with E-state index >= 15 is 0 Å². The second-order valence-corrected chi connectivity index (χ2v) is 4.12. The number of rotatable bonds is 7. The average molecular weight is 236 g/mol. The Labute approximate surface area is 102 Å². The fourth-order valence-electron chi connectivity index (χ4n) is 1.76. The standard InChI is InChI=1S/C13H20N2O2/c1-3-5-11(4-2)15-9-12-8-10(13(16)17)6-7-14-12/h6-8,11,15H,3-5,9H2,1-2H3,(H,16,17). The first kappa shape index (κ1) is 13.6. The van der Waals surface area contributed by atoms with E-state index in [0.29, 0.717) is 18.2 Å². The van der Waals surface area contributed by atoms with Gasteiger partial charge in [0.05, 0.1) is 11.3 Å². The van der Waals surface area contributed by atoms with Gasteiger partial charge in [-0.1, -0.05) is 20.3 Å². The fourth-order valence-corrected chi connectivity index (χ4v) is 1.76. The Bertz CT molecular complexity index is 366. The van der Waals surface area contributed by atoms with Gasteiger partial charge in [0, 0.05) is 18.8 Å². The van der Waals surface area contributed by atoms with E-state index in [1.807, 2.05) is 0 Å². The molecule has 0 amide bonds. The van der Waals surface area contributed by atoms with Crippen LogP contribution in [0.4, 0.5) is 0 Å². The number of aromatic carboxylic acids is 1. The van der Waals surface area contributed by atoms with E-state index in [2.05, 4.69) is 24.1 Å². The van der Waals surface area contributed by atoms with Crippen molar-refractivity contribution >= 4 is 5.97 Å². The van der Waals surface area contributed by atoms with Gasteiger partial charge >= 0.3 is 5.97 Å². The van der Waals surface area contributed by atoms with Crippen LogP contribution in [0.5, 0.6) is 0 Å². The predicted molar refractivity (Wildman–Crippen MR) is 67.0 cm³/mol. The van der Waals surface area contributed by atoms with Gasteiger partial charge in [-0.15, -0.1) is 0 Å². The quantitative estimate of drug-likeness (QED) is 0.763. The Hall–Kier alpha value is -1.42. The summed E-state index contributed by atoms with van der Waals surface area (Å²) in [4.78, 5) is 15.0. The molecule has 2 N–H and O–H groups in total. The maximum Gasteiger partial charge on any atom is 0.335 e. The third-order valence-electron chi connectivity index (χ3n) is 2.77. The smallest absolute Gasteiger partial charge is 0.335 e. The van der Waals surface area contributed by atoms with E-state index in [4.69, 9.17) is 5.11 Å². The van der Waals surface area contributed by atoms with Gasteiger partial charge in [-0.3, -0.25) is 4.98 Å². The summed E-state index contributed by atoms with van der Waals surface area (Å²) in [6.45, 7) is 4.93. The highest BCUT2D eigenvalue weighted by molar-refractivity contribution is 5.87. The number of pyridine rings is 1. The molecule has 1 rings (SSSR count). The Morgan fingerprint density at radius 2 is 2.29 bits per heavy atom. The fraction of sp³-hybridized carbons (Fsp3) is 0.538. The SMILES string of the molecule is CCCC(CC)NCc1cc(C(=O)O)ccn1. The summed E-state index contributed by atoms with van der Waals surface area (Å²) in [5, 5.41) is 12.3. The number of hydrogen-bond donors (Lipinski definition) is 2. The lowest BCUT2D eigenvalue weighted by Crippen LogP contribution is -2.28. The lowest BCUT2D eigenvalue weighted by Gasteiger charge is -2.15. The van der Waals surface area contributed by atoms with Gasteiger partial charge in [0.15, 0.2) is 0 Å². The molecule has 1 aromatic heterocycles. The normalized spacial score (nSPS) is 12.4. The third-order valence-corrected chi connectivity index (χ3v) is 2.77. The molecule has 4 heteroatoms. The number of nitrogens with zero attached hydrogens (tertiary/aromatic N) is 1. The monoisotopic (exact) mass is 236 g/mol. The van der Waals surface area contributed by atoms with Gasteiger partial charge in [0.1, 0.15) is 0 Å². The topological polar surface area (TPSA) is 62.2 Å². The number of aromatic nitrogens is 1. The van der Waals surface area contributed by atoms with E-state index < -0.39 is 5.97 Å². The van der Waals surface area contributed by atoms with E-state index in [-0.39, 0.29) is 0 Å². The first-order chi connectivity index (χ1) is 8.17. The van der Waals surface area contributed by atoms with Gasteiger partial charge < -0.3 is 10.4 Å². The summed E-state index contributed by atoms with van der Waals surface area (Å²) in [5.74, 6) is -0.908. The average Bonchev–Trinajstić information content (AvgIpc) is 2.34. The lowest BCUT2D eigenvalue weighted by atomic mass is 10.1. The number of carboxylic acids is 1. The summed E-state index contributed by atoms with van der Waals surface area (Å²) >= 11 is 0. The molecule has 0 saturated heterocycles. The first-order valence-electron chi connectivity index (χ1n) is 6.09. The predicted octanol–water partition coefficient (Wildman–Crippen LogP) is 2.45. The maximum atomic E-state index is 10.8. The molecule has 17 heavy (non-hydrogen) atoms. The van der Waals surface area contributed by atoms with E-state index in [1.54, 1.807) is 12.3 Å². The van der Waals surface area contributed by atoms with Crippen molar-refractivity contribution in [2.24, 2.45) is 0 Å². The molecule has 0 aliphatic heterocycles. The minimum absolute atomic E-state index is 0.292. The zero-order chi connectivity index (χ0) is 12.7. The Balaban J connectivity index is 2.56. The van der Waals surface area contributed by atoms with Crippen molar-refractivity contribution in [1.29, 1.82) is 0 Å². The van der Waals surface area contributed by atoms with Crippen LogP contribution in [0.3, 0.4) is 0 Å². The first-order valence-corrected chi connectivity index (χ1v) is 6.09. The van der Waals surface area contributed by atoms with E-state index in [0.717, 1.165) is 25.0 Å². The largest absolute Gasteiger partial charge is 0.478 e. The van der Waals surface area contributed by atoms with E-state index in [1.165, 1.54) is 6.07 Å².